The maximum atomic E-state index is 5.93. The Balaban J connectivity index is 2.10. The molecule has 0 saturated carbocycles. The Labute approximate surface area is 123 Å². The summed E-state index contributed by atoms with van der Waals surface area (Å²) in [6.07, 6.45) is 0. The van der Waals surface area contributed by atoms with Crippen LogP contribution in [0.15, 0.2) is 24.3 Å². The van der Waals surface area contributed by atoms with E-state index in [1.165, 1.54) is 5.56 Å². The van der Waals surface area contributed by atoms with E-state index in [0.29, 0.717) is 23.5 Å². The van der Waals surface area contributed by atoms with Crippen LogP contribution in [0.5, 0.6) is 11.6 Å². The van der Waals surface area contributed by atoms with E-state index in [9.17, 15) is 0 Å². The summed E-state index contributed by atoms with van der Waals surface area (Å²) in [5.74, 6) is 1.78. The van der Waals surface area contributed by atoms with Gasteiger partial charge in [0.2, 0.25) is 5.88 Å². The Morgan fingerprint density at radius 2 is 1.90 bits per heavy atom. The molecule has 106 valence electrons. The number of halogens is 1. The zero-order valence-corrected chi connectivity index (χ0v) is 12.6. The van der Waals surface area contributed by atoms with E-state index in [0.717, 1.165) is 11.3 Å². The predicted molar refractivity (Wildman–Crippen MR) is 78.5 cm³/mol. The number of aryl methyl sites for hydroxylation is 2. The van der Waals surface area contributed by atoms with E-state index in [1.54, 1.807) is 6.07 Å². The third kappa shape index (κ3) is 3.84. The van der Waals surface area contributed by atoms with Gasteiger partial charge in [-0.05, 0) is 32.4 Å². The van der Waals surface area contributed by atoms with Crippen LogP contribution in [0.4, 0.5) is 0 Å². The normalized spacial score (nSPS) is 10.4. The van der Waals surface area contributed by atoms with Gasteiger partial charge in [0.25, 0.3) is 0 Å². The molecule has 0 aliphatic carbocycles. The zero-order chi connectivity index (χ0) is 14.5. The number of rotatable bonds is 5. The minimum Gasteiger partial charge on any atom is -0.485 e. The third-order valence-electron chi connectivity index (χ3n) is 2.70. The first kappa shape index (κ1) is 14.6. The number of hydrogen-bond acceptors (Lipinski definition) is 4. The van der Waals surface area contributed by atoms with Gasteiger partial charge in [0.15, 0.2) is 5.82 Å². The first-order valence-corrected chi connectivity index (χ1v) is 6.82. The lowest BCUT2D eigenvalue weighted by Gasteiger charge is -2.10. The van der Waals surface area contributed by atoms with Crippen molar-refractivity contribution < 1.29 is 9.47 Å². The summed E-state index contributed by atoms with van der Waals surface area (Å²) in [6, 6.07) is 7.61. The van der Waals surface area contributed by atoms with Crippen LogP contribution in [0, 0.1) is 13.8 Å². The molecule has 2 aromatic rings. The lowest BCUT2D eigenvalue weighted by molar-refractivity contribution is 0.285. The van der Waals surface area contributed by atoms with Crippen LogP contribution in [-0.2, 0) is 6.61 Å². The molecule has 0 spiro atoms. The number of nitrogens with zero attached hydrogens (tertiary/aromatic N) is 2. The minimum absolute atomic E-state index is 0.254. The lowest BCUT2D eigenvalue weighted by Crippen LogP contribution is -2.05. The topological polar surface area (TPSA) is 44.2 Å². The molecule has 2 rings (SSSR count). The van der Waals surface area contributed by atoms with E-state index in [2.05, 4.69) is 16.0 Å². The Morgan fingerprint density at radius 1 is 1.10 bits per heavy atom. The highest BCUT2D eigenvalue weighted by molar-refractivity contribution is 6.29. The van der Waals surface area contributed by atoms with Crippen molar-refractivity contribution in [1.29, 1.82) is 0 Å². The van der Waals surface area contributed by atoms with Gasteiger partial charge in [0, 0.05) is 6.07 Å². The molecule has 1 aromatic heterocycles. The second-order valence-electron chi connectivity index (χ2n) is 4.44. The van der Waals surface area contributed by atoms with Gasteiger partial charge in [0.05, 0.1) is 6.61 Å². The maximum absolute atomic E-state index is 5.93. The molecule has 0 fully saturated rings. The standard InChI is InChI=1S/C15H17ClN2O2/c1-4-19-15-8-13(16)17-14(18-15)9-20-12-6-5-10(2)7-11(12)3/h5-8H,4,9H2,1-3H3. The van der Waals surface area contributed by atoms with Crippen molar-refractivity contribution in [2.24, 2.45) is 0 Å². The van der Waals surface area contributed by atoms with E-state index in [1.807, 2.05) is 32.9 Å². The van der Waals surface area contributed by atoms with Crippen LogP contribution in [-0.4, -0.2) is 16.6 Å². The molecule has 0 atom stereocenters. The van der Waals surface area contributed by atoms with Gasteiger partial charge in [-0.15, -0.1) is 0 Å². The molecule has 0 aliphatic rings. The van der Waals surface area contributed by atoms with Gasteiger partial charge in [-0.2, -0.15) is 4.98 Å². The second-order valence-corrected chi connectivity index (χ2v) is 4.82. The summed E-state index contributed by atoms with van der Waals surface area (Å²) in [5, 5.41) is 0.350. The molecule has 0 unspecified atom stereocenters. The molecule has 0 saturated heterocycles. The molecule has 0 amide bonds. The van der Waals surface area contributed by atoms with Crippen LogP contribution >= 0.6 is 11.6 Å². The number of hydrogen-bond donors (Lipinski definition) is 0. The van der Waals surface area contributed by atoms with Crippen molar-refractivity contribution in [3.63, 3.8) is 0 Å². The summed E-state index contributed by atoms with van der Waals surface area (Å²) >= 11 is 5.93. The monoisotopic (exact) mass is 292 g/mol. The first-order valence-electron chi connectivity index (χ1n) is 6.45. The van der Waals surface area contributed by atoms with Crippen molar-refractivity contribution in [3.8, 4) is 11.6 Å². The minimum atomic E-state index is 0.254. The van der Waals surface area contributed by atoms with Gasteiger partial charge in [-0.3, -0.25) is 0 Å². The Hall–Kier alpha value is -1.81. The van der Waals surface area contributed by atoms with E-state index in [4.69, 9.17) is 21.1 Å². The van der Waals surface area contributed by atoms with E-state index >= 15 is 0 Å². The molecule has 4 nitrogen and oxygen atoms in total. The average molecular weight is 293 g/mol. The maximum Gasteiger partial charge on any atom is 0.218 e. The van der Waals surface area contributed by atoms with Crippen molar-refractivity contribution in [1.82, 2.24) is 9.97 Å². The van der Waals surface area contributed by atoms with Gasteiger partial charge < -0.3 is 9.47 Å². The number of ether oxygens (including phenoxy) is 2. The highest BCUT2D eigenvalue weighted by Gasteiger charge is 2.06. The van der Waals surface area contributed by atoms with E-state index < -0.39 is 0 Å². The zero-order valence-electron chi connectivity index (χ0n) is 11.8. The lowest BCUT2D eigenvalue weighted by atomic mass is 10.1. The highest BCUT2D eigenvalue weighted by Crippen LogP contribution is 2.20. The van der Waals surface area contributed by atoms with Gasteiger partial charge in [0.1, 0.15) is 17.5 Å². The first-order chi connectivity index (χ1) is 9.58. The van der Waals surface area contributed by atoms with Crippen molar-refractivity contribution in [2.45, 2.75) is 27.4 Å². The Bertz CT molecular complexity index is 602. The smallest absolute Gasteiger partial charge is 0.218 e. The molecule has 0 radical (unpaired) electrons. The molecule has 20 heavy (non-hydrogen) atoms. The molecular formula is C15H17ClN2O2. The molecule has 1 aromatic carbocycles. The summed E-state index contributed by atoms with van der Waals surface area (Å²) in [4.78, 5) is 8.37. The molecule has 1 heterocycles. The molecule has 0 aliphatic heterocycles. The average Bonchev–Trinajstić information content (AvgIpc) is 2.37. The van der Waals surface area contributed by atoms with Gasteiger partial charge in [-0.1, -0.05) is 29.3 Å². The number of benzene rings is 1. The Kier molecular flexibility index (Phi) is 4.79. The quantitative estimate of drug-likeness (QED) is 0.788. The summed E-state index contributed by atoms with van der Waals surface area (Å²) < 4.78 is 11.1. The highest BCUT2D eigenvalue weighted by atomic mass is 35.5. The van der Waals surface area contributed by atoms with Crippen molar-refractivity contribution in [3.05, 3.63) is 46.4 Å². The summed E-state index contributed by atoms with van der Waals surface area (Å²) in [5.41, 5.74) is 2.28. The van der Waals surface area contributed by atoms with Crippen molar-refractivity contribution >= 4 is 11.6 Å². The molecule has 0 bridgehead atoms. The molecule has 0 N–H and O–H groups in total. The van der Waals surface area contributed by atoms with Crippen LogP contribution in [0.2, 0.25) is 5.15 Å². The fourth-order valence-electron chi connectivity index (χ4n) is 1.83. The fourth-order valence-corrected chi connectivity index (χ4v) is 2.02. The largest absolute Gasteiger partial charge is 0.485 e. The summed E-state index contributed by atoms with van der Waals surface area (Å²) in [7, 11) is 0. The molecular weight excluding hydrogens is 276 g/mol. The predicted octanol–water partition coefficient (Wildman–Crippen LogP) is 3.72. The van der Waals surface area contributed by atoms with Crippen LogP contribution in [0.3, 0.4) is 0 Å². The van der Waals surface area contributed by atoms with Crippen LogP contribution < -0.4 is 9.47 Å². The van der Waals surface area contributed by atoms with E-state index in [-0.39, 0.29) is 6.61 Å². The Morgan fingerprint density at radius 3 is 2.60 bits per heavy atom. The SMILES string of the molecule is CCOc1cc(Cl)nc(COc2ccc(C)cc2C)n1. The fraction of sp³-hybridized carbons (Fsp3) is 0.333. The van der Waals surface area contributed by atoms with Crippen LogP contribution in [0.1, 0.15) is 23.9 Å². The summed E-state index contributed by atoms with van der Waals surface area (Å²) in [6.45, 7) is 6.73. The van der Waals surface area contributed by atoms with Gasteiger partial charge in [-0.25, -0.2) is 4.98 Å². The molecule has 5 heteroatoms. The van der Waals surface area contributed by atoms with Crippen molar-refractivity contribution in [2.75, 3.05) is 6.61 Å². The third-order valence-corrected chi connectivity index (χ3v) is 2.89. The second kappa shape index (κ2) is 6.57. The van der Waals surface area contributed by atoms with Gasteiger partial charge >= 0.3 is 0 Å². The number of aromatic nitrogens is 2. The van der Waals surface area contributed by atoms with Crippen LogP contribution in [0.25, 0.3) is 0 Å².